The Morgan fingerprint density at radius 3 is 2.35 bits per heavy atom. The molecule has 1 fully saturated rings. The number of carbonyl (C=O) groups is 4. The van der Waals surface area contributed by atoms with E-state index < -0.39 is 68.8 Å². The van der Waals surface area contributed by atoms with Crippen LogP contribution in [0.15, 0.2) is 35.2 Å². The van der Waals surface area contributed by atoms with Crippen LogP contribution in [0.4, 0.5) is 9.93 Å². The fourth-order valence-electron chi connectivity index (χ4n) is 4.71. The molecular formula is C31H41N9O10S2. The van der Waals surface area contributed by atoms with E-state index in [1.165, 1.54) is 30.1 Å². The Morgan fingerprint density at radius 2 is 1.75 bits per heavy atom. The maximum absolute atomic E-state index is 13.8. The number of esters is 1. The van der Waals surface area contributed by atoms with Crippen molar-refractivity contribution in [2.24, 2.45) is 12.2 Å². The van der Waals surface area contributed by atoms with E-state index in [-0.39, 0.29) is 21.7 Å². The number of oxime groups is 1. The van der Waals surface area contributed by atoms with Gasteiger partial charge in [-0.15, -0.1) is 16.4 Å². The van der Waals surface area contributed by atoms with Crippen LogP contribution in [0, 0.1) is 6.92 Å². The van der Waals surface area contributed by atoms with Crippen molar-refractivity contribution in [1.29, 1.82) is 0 Å². The van der Waals surface area contributed by atoms with Crippen molar-refractivity contribution in [3.63, 3.8) is 0 Å². The summed E-state index contributed by atoms with van der Waals surface area (Å²) < 4.78 is 50.2. The van der Waals surface area contributed by atoms with Crippen LogP contribution in [0.25, 0.3) is 11.3 Å². The summed E-state index contributed by atoms with van der Waals surface area (Å²) >= 11 is 0.898. The van der Waals surface area contributed by atoms with E-state index in [1.807, 2.05) is 30.8 Å². The number of nitrogens with zero attached hydrogens (tertiary/aromatic N) is 7. The summed E-state index contributed by atoms with van der Waals surface area (Å²) in [6, 6.07) is -1.15. The van der Waals surface area contributed by atoms with E-state index in [1.54, 1.807) is 47.7 Å². The Morgan fingerprint density at radius 1 is 1.10 bits per heavy atom. The van der Waals surface area contributed by atoms with Gasteiger partial charge in [0.15, 0.2) is 33.5 Å². The zero-order chi connectivity index (χ0) is 39.0. The van der Waals surface area contributed by atoms with Gasteiger partial charge in [0.1, 0.15) is 35.7 Å². The summed E-state index contributed by atoms with van der Waals surface area (Å²) in [5, 5.41) is 18.3. The van der Waals surface area contributed by atoms with Crippen molar-refractivity contribution in [3.05, 3.63) is 41.3 Å². The normalized spacial score (nSPS) is 16.9. The Hall–Kier alpha value is -5.02. The van der Waals surface area contributed by atoms with Gasteiger partial charge < -0.3 is 24.2 Å². The molecule has 0 unspecified atom stereocenters. The minimum Gasteiger partial charge on any atom is -0.731 e. The fourth-order valence-corrected chi connectivity index (χ4v) is 6.24. The molecule has 4 heterocycles. The van der Waals surface area contributed by atoms with Gasteiger partial charge >= 0.3 is 12.1 Å². The molecule has 0 spiro atoms. The molecule has 1 aliphatic rings. The first kappa shape index (κ1) is 39.8. The zero-order valence-electron chi connectivity index (χ0n) is 30.3. The molecule has 2 N–H and O–H groups in total. The Kier molecular flexibility index (Phi) is 11.1. The largest absolute Gasteiger partial charge is 0.731 e. The van der Waals surface area contributed by atoms with Crippen LogP contribution >= 0.6 is 11.3 Å². The van der Waals surface area contributed by atoms with Gasteiger partial charge in [0, 0.05) is 22.6 Å². The first-order chi connectivity index (χ1) is 23.8. The average molecular weight is 764 g/mol. The number of hydrogen-bond acceptors (Lipinski definition) is 15. The number of nitrogens with one attached hydrogen (secondary N) is 2. The van der Waals surface area contributed by atoms with Gasteiger partial charge in [-0.2, -0.15) is 0 Å². The van der Waals surface area contributed by atoms with Crippen LogP contribution in [0.1, 0.15) is 66.6 Å². The Bertz CT molecular complexity index is 2010. The topological polar surface area (TPSA) is 240 Å². The second-order valence-corrected chi connectivity index (χ2v) is 16.5. The number of aryl methyl sites for hydroxylation is 2. The number of aromatic nitrogens is 5. The molecule has 3 amide bonds. The van der Waals surface area contributed by atoms with Crippen LogP contribution in [-0.4, -0.2) is 95.7 Å². The summed E-state index contributed by atoms with van der Waals surface area (Å²) in [5.74, 6) is -3.11. The predicted octanol–water partition coefficient (Wildman–Crippen LogP) is 1.58. The molecule has 0 aromatic carbocycles. The van der Waals surface area contributed by atoms with E-state index in [0.717, 1.165) is 22.5 Å². The molecule has 0 aliphatic carbocycles. The Labute approximate surface area is 304 Å². The molecule has 3 aromatic rings. The highest BCUT2D eigenvalue weighted by Crippen LogP contribution is 2.27. The van der Waals surface area contributed by atoms with Crippen molar-refractivity contribution in [1.82, 2.24) is 29.6 Å². The molecule has 0 saturated carbocycles. The molecule has 282 valence electrons. The van der Waals surface area contributed by atoms with Crippen molar-refractivity contribution in [3.8, 4) is 11.3 Å². The van der Waals surface area contributed by atoms with E-state index in [9.17, 15) is 32.1 Å². The lowest BCUT2D eigenvalue weighted by molar-refractivity contribution is -0.671. The third kappa shape index (κ3) is 9.85. The fraction of sp³-hybridized carbons (Fsp3) is 0.516. The number of amides is 3. The van der Waals surface area contributed by atoms with E-state index in [2.05, 4.69) is 31.1 Å². The standard InChI is InChI=1S/C31H41N9O10S2/c1-17-13-38(10)12-11-18(17)19-14-39(37-35-19)15-21-23(25(42)40(21)52(45,46)47)33-24(41)22(36-50-31(8,9)26(43)48-29(2,3)4)20-16-51-27(32-20)34-28(44)49-30(5,6)7/h11-14,16,21,23H,15H2,1-10H3,(H2-,32,33,34,41,44,45,46,47)/b36-22+/t21-,23+/m1/s1. The Balaban J connectivity index is 1.64. The highest BCUT2D eigenvalue weighted by atomic mass is 32.2. The second kappa shape index (κ2) is 14.5. The molecule has 21 heteroatoms. The number of hydrogen-bond donors (Lipinski definition) is 2. The highest BCUT2D eigenvalue weighted by molar-refractivity contribution is 7.84. The molecule has 0 radical (unpaired) electrons. The minimum absolute atomic E-state index is 0.00164. The SMILES string of the molecule is Cc1c[n+](C)ccc1-c1cn(C[C@@H]2[C@H](NC(=O)/C(=N/OC(C)(C)C(=O)OC(C)(C)C)c3csc(NC(=O)OC(C)(C)C)n3)C(=O)N2S(=O)(=O)[O-])nn1. The number of carbonyl (C=O) groups excluding carboxylic acids is 4. The summed E-state index contributed by atoms with van der Waals surface area (Å²) in [6.45, 7) is 14.2. The van der Waals surface area contributed by atoms with Gasteiger partial charge in [0.2, 0.25) is 5.60 Å². The maximum atomic E-state index is 13.8. The second-order valence-electron chi connectivity index (χ2n) is 14.4. The molecule has 1 saturated heterocycles. The minimum atomic E-state index is -5.31. The zero-order valence-corrected chi connectivity index (χ0v) is 31.9. The van der Waals surface area contributed by atoms with Gasteiger partial charge in [-0.3, -0.25) is 14.9 Å². The number of rotatable bonds is 11. The van der Waals surface area contributed by atoms with Crippen LogP contribution in [-0.2, 0) is 52.6 Å². The number of β-lactam (4-membered cyclic amide) rings is 1. The number of ether oxygens (including phenoxy) is 2. The van der Waals surface area contributed by atoms with E-state index in [4.69, 9.17) is 14.3 Å². The lowest BCUT2D eigenvalue weighted by atomic mass is 9.98. The quantitative estimate of drug-likeness (QED) is 0.0705. The molecule has 1 aliphatic heterocycles. The first-order valence-electron chi connectivity index (χ1n) is 15.8. The third-order valence-corrected chi connectivity index (χ3v) is 8.70. The molecule has 3 aromatic heterocycles. The number of anilines is 1. The van der Waals surface area contributed by atoms with E-state index >= 15 is 0 Å². The van der Waals surface area contributed by atoms with E-state index in [0.29, 0.717) is 5.69 Å². The molecule has 4 rings (SSSR count). The van der Waals surface area contributed by atoms with Crippen LogP contribution in [0.2, 0.25) is 0 Å². The summed E-state index contributed by atoms with van der Waals surface area (Å²) in [6.07, 6.45) is 4.35. The third-order valence-electron chi connectivity index (χ3n) is 7.01. The highest BCUT2D eigenvalue weighted by Gasteiger charge is 2.52. The smallest absolute Gasteiger partial charge is 0.413 e. The van der Waals surface area contributed by atoms with Crippen molar-refractivity contribution >= 4 is 56.4 Å². The summed E-state index contributed by atoms with van der Waals surface area (Å²) in [4.78, 5) is 61.8. The lowest BCUT2D eigenvalue weighted by Gasteiger charge is -2.47. The predicted molar refractivity (Wildman–Crippen MR) is 183 cm³/mol. The number of pyridine rings is 1. The van der Waals surface area contributed by atoms with Crippen molar-refractivity contribution in [2.75, 3.05) is 5.32 Å². The first-order valence-corrected chi connectivity index (χ1v) is 18.0. The van der Waals surface area contributed by atoms with Crippen LogP contribution in [0.3, 0.4) is 0 Å². The van der Waals surface area contributed by atoms with Crippen molar-refractivity contribution < 1.29 is 51.0 Å². The monoisotopic (exact) mass is 763 g/mol. The lowest BCUT2D eigenvalue weighted by Crippen LogP contribution is -2.73. The van der Waals surface area contributed by atoms with Crippen LogP contribution in [0.5, 0.6) is 0 Å². The van der Waals surface area contributed by atoms with Gasteiger partial charge in [0.25, 0.3) is 11.8 Å². The summed E-state index contributed by atoms with van der Waals surface area (Å²) in [7, 11) is -3.46. The van der Waals surface area contributed by atoms with Crippen molar-refractivity contribution in [2.45, 2.75) is 97.7 Å². The molecule has 0 bridgehead atoms. The van der Waals surface area contributed by atoms with Gasteiger partial charge in [-0.25, -0.2) is 36.5 Å². The molecule has 52 heavy (non-hydrogen) atoms. The van der Waals surface area contributed by atoms with Gasteiger partial charge in [-0.1, -0.05) is 10.4 Å². The molecule has 2 atom stereocenters. The average Bonchev–Trinajstić information content (AvgIpc) is 3.63. The summed E-state index contributed by atoms with van der Waals surface area (Å²) in [5.41, 5.74) is -2.08. The number of thiazole rings is 1. The van der Waals surface area contributed by atoms with Gasteiger partial charge in [-0.05, 0) is 62.3 Å². The maximum Gasteiger partial charge on any atom is 0.413 e. The van der Waals surface area contributed by atoms with Crippen LogP contribution < -0.4 is 15.2 Å². The van der Waals surface area contributed by atoms with Gasteiger partial charge in [0.05, 0.1) is 18.8 Å². The molecule has 19 nitrogen and oxygen atoms in total. The molecular weight excluding hydrogens is 723 g/mol.